The zero-order valence-electron chi connectivity index (χ0n) is 12.0. The Morgan fingerprint density at radius 2 is 2.00 bits per heavy atom. The summed E-state index contributed by atoms with van der Waals surface area (Å²) in [5.41, 5.74) is 8.90. The lowest BCUT2D eigenvalue weighted by Crippen LogP contribution is -2.17. The van der Waals surface area contributed by atoms with Crippen LogP contribution in [0.15, 0.2) is 18.2 Å². The highest BCUT2D eigenvalue weighted by molar-refractivity contribution is 5.42. The predicted octanol–water partition coefficient (Wildman–Crippen LogP) is 3.79. The summed E-state index contributed by atoms with van der Waals surface area (Å²) in [6.45, 7) is 9.39. The summed E-state index contributed by atoms with van der Waals surface area (Å²) in [5.74, 6) is 1.69. The molecule has 0 spiro atoms. The van der Waals surface area contributed by atoms with Gasteiger partial charge in [-0.05, 0) is 48.3 Å². The SMILES string of the molecule is CCOc1ccc(C(N)C2CC2)cc1C(C)(C)C. The molecule has 2 nitrogen and oxygen atoms in total. The predicted molar refractivity (Wildman–Crippen MR) is 76.0 cm³/mol. The van der Waals surface area contributed by atoms with E-state index in [-0.39, 0.29) is 11.5 Å². The Bertz CT molecular complexity index is 416. The Morgan fingerprint density at radius 3 is 2.50 bits per heavy atom. The Balaban J connectivity index is 2.34. The van der Waals surface area contributed by atoms with E-state index in [2.05, 4.69) is 39.0 Å². The van der Waals surface area contributed by atoms with E-state index in [1.165, 1.54) is 24.0 Å². The van der Waals surface area contributed by atoms with Crippen LogP contribution in [0.2, 0.25) is 0 Å². The summed E-state index contributed by atoms with van der Waals surface area (Å²) in [6.07, 6.45) is 2.55. The molecular formula is C16H25NO. The van der Waals surface area contributed by atoms with E-state index in [1.807, 2.05) is 6.92 Å². The van der Waals surface area contributed by atoms with Crippen LogP contribution in [0.1, 0.15) is 57.7 Å². The molecule has 1 aliphatic rings. The first-order valence-corrected chi connectivity index (χ1v) is 6.96. The summed E-state index contributed by atoms with van der Waals surface area (Å²) < 4.78 is 5.73. The van der Waals surface area contributed by atoms with Crippen LogP contribution in [0.4, 0.5) is 0 Å². The molecule has 0 aromatic heterocycles. The van der Waals surface area contributed by atoms with Crippen LogP contribution in [0.25, 0.3) is 0 Å². The van der Waals surface area contributed by atoms with Crippen LogP contribution >= 0.6 is 0 Å². The van der Waals surface area contributed by atoms with Gasteiger partial charge in [0.1, 0.15) is 5.75 Å². The number of benzene rings is 1. The average Bonchev–Trinajstić information content (AvgIpc) is 3.11. The molecule has 100 valence electrons. The molecule has 2 heteroatoms. The van der Waals surface area contributed by atoms with Crippen LogP contribution in [-0.2, 0) is 5.41 Å². The van der Waals surface area contributed by atoms with Crippen molar-refractivity contribution in [1.29, 1.82) is 0 Å². The zero-order chi connectivity index (χ0) is 13.3. The minimum atomic E-state index is 0.0871. The molecule has 1 aliphatic carbocycles. The molecule has 1 atom stereocenters. The highest BCUT2D eigenvalue weighted by Gasteiger charge is 2.30. The number of hydrogen-bond acceptors (Lipinski definition) is 2. The second kappa shape index (κ2) is 4.93. The highest BCUT2D eigenvalue weighted by Crippen LogP contribution is 2.41. The second-order valence-corrected chi connectivity index (χ2v) is 6.30. The Morgan fingerprint density at radius 1 is 1.33 bits per heavy atom. The molecule has 1 aromatic carbocycles. The number of nitrogens with two attached hydrogens (primary N) is 1. The molecule has 0 radical (unpaired) electrons. The average molecular weight is 247 g/mol. The molecule has 2 rings (SSSR count). The first kappa shape index (κ1) is 13.4. The maximum atomic E-state index is 6.30. The molecule has 1 aromatic rings. The number of rotatable bonds is 4. The van der Waals surface area contributed by atoms with Gasteiger partial charge in [0, 0.05) is 6.04 Å². The smallest absolute Gasteiger partial charge is 0.123 e. The van der Waals surface area contributed by atoms with Crippen molar-refractivity contribution in [3.63, 3.8) is 0 Å². The quantitative estimate of drug-likeness (QED) is 0.878. The molecule has 2 N–H and O–H groups in total. The van der Waals surface area contributed by atoms with Gasteiger partial charge in [-0.15, -0.1) is 0 Å². The van der Waals surface area contributed by atoms with Gasteiger partial charge in [0.05, 0.1) is 6.61 Å². The lowest BCUT2D eigenvalue weighted by Gasteiger charge is -2.24. The van der Waals surface area contributed by atoms with Gasteiger partial charge in [0.15, 0.2) is 0 Å². The first-order chi connectivity index (χ1) is 8.43. The van der Waals surface area contributed by atoms with Gasteiger partial charge >= 0.3 is 0 Å². The van der Waals surface area contributed by atoms with Crippen molar-refractivity contribution in [2.75, 3.05) is 6.61 Å². The molecule has 1 fully saturated rings. The van der Waals surface area contributed by atoms with E-state index >= 15 is 0 Å². The largest absolute Gasteiger partial charge is 0.494 e. The molecule has 0 aliphatic heterocycles. The fourth-order valence-electron chi connectivity index (χ4n) is 2.35. The van der Waals surface area contributed by atoms with Crippen molar-refractivity contribution >= 4 is 0 Å². The minimum Gasteiger partial charge on any atom is -0.494 e. The van der Waals surface area contributed by atoms with Crippen LogP contribution in [0.5, 0.6) is 5.75 Å². The molecule has 0 saturated heterocycles. The van der Waals surface area contributed by atoms with Crippen LogP contribution in [-0.4, -0.2) is 6.61 Å². The summed E-state index contributed by atoms with van der Waals surface area (Å²) in [4.78, 5) is 0. The fourth-order valence-corrected chi connectivity index (χ4v) is 2.35. The van der Waals surface area contributed by atoms with Crippen molar-refractivity contribution in [3.8, 4) is 5.75 Å². The maximum absolute atomic E-state index is 6.30. The van der Waals surface area contributed by atoms with Gasteiger partial charge in [-0.1, -0.05) is 32.9 Å². The van der Waals surface area contributed by atoms with E-state index in [0.29, 0.717) is 12.5 Å². The van der Waals surface area contributed by atoms with Gasteiger partial charge in [-0.2, -0.15) is 0 Å². The van der Waals surface area contributed by atoms with Crippen LogP contribution in [0, 0.1) is 5.92 Å². The van der Waals surface area contributed by atoms with Crippen molar-refractivity contribution < 1.29 is 4.74 Å². The lowest BCUT2D eigenvalue weighted by atomic mass is 9.84. The highest BCUT2D eigenvalue weighted by atomic mass is 16.5. The Kier molecular flexibility index (Phi) is 3.67. The van der Waals surface area contributed by atoms with Gasteiger partial charge in [0.25, 0.3) is 0 Å². The topological polar surface area (TPSA) is 35.2 Å². The van der Waals surface area contributed by atoms with Crippen molar-refractivity contribution in [2.45, 2.75) is 52.0 Å². The monoisotopic (exact) mass is 247 g/mol. The Hall–Kier alpha value is -1.02. The zero-order valence-corrected chi connectivity index (χ0v) is 12.0. The van der Waals surface area contributed by atoms with Gasteiger partial charge < -0.3 is 10.5 Å². The Labute approximate surface area is 111 Å². The summed E-state index contributed by atoms with van der Waals surface area (Å²) in [6, 6.07) is 6.65. The van der Waals surface area contributed by atoms with Gasteiger partial charge in [0.2, 0.25) is 0 Å². The third-order valence-electron chi connectivity index (χ3n) is 3.63. The molecule has 1 unspecified atom stereocenters. The lowest BCUT2D eigenvalue weighted by molar-refractivity contribution is 0.329. The standard InChI is InChI=1S/C16H25NO/c1-5-18-14-9-8-12(15(17)11-6-7-11)10-13(14)16(2,3)4/h8-11,15H,5-7,17H2,1-4H3. The molecule has 18 heavy (non-hydrogen) atoms. The van der Waals surface area contributed by atoms with E-state index in [9.17, 15) is 0 Å². The van der Waals surface area contributed by atoms with Crippen molar-refractivity contribution in [2.24, 2.45) is 11.7 Å². The van der Waals surface area contributed by atoms with Crippen LogP contribution in [0.3, 0.4) is 0 Å². The molecule has 0 bridgehead atoms. The van der Waals surface area contributed by atoms with Crippen molar-refractivity contribution in [3.05, 3.63) is 29.3 Å². The number of ether oxygens (including phenoxy) is 1. The van der Waals surface area contributed by atoms with Gasteiger partial charge in [-0.3, -0.25) is 0 Å². The van der Waals surface area contributed by atoms with E-state index in [4.69, 9.17) is 10.5 Å². The normalized spacial score (nSPS) is 17.6. The summed E-state index contributed by atoms with van der Waals surface area (Å²) in [5, 5.41) is 0. The molecule has 0 amide bonds. The van der Waals surface area contributed by atoms with E-state index in [0.717, 1.165) is 5.75 Å². The number of hydrogen-bond donors (Lipinski definition) is 1. The van der Waals surface area contributed by atoms with Crippen molar-refractivity contribution in [1.82, 2.24) is 0 Å². The summed E-state index contributed by atoms with van der Waals surface area (Å²) in [7, 11) is 0. The first-order valence-electron chi connectivity index (χ1n) is 6.96. The minimum absolute atomic E-state index is 0.0871. The fraction of sp³-hybridized carbons (Fsp3) is 0.625. The third kappa shape index (κ3) is 2.86. The molecule has 0 heterocycles. The third-order valence-corrected chi connectivity index (χ3v) is 3.63. The molecular weight excluding hydrogens is 222 g/mol. The maximum Gasteiger partial charge on any atom is 0.123 e. The molecule has 1 saturated carbocycles. The van der Waals surface area contributed by atoms with E-state index in [1.54, 1.807) is 0 Å². The summed E-state index contributed by atoms with van der Waals surface area (Å²) >= 11 is 0. The second-order valence-electron chi connectivity index (χ2n) is 6.30. The van der Waals surface area contributed by atoms with E-state index < -0.39 is 0 Å². The van der Waals surface area contributed by atoms with Gasteiger partial charge in [-0.25, -0.2) is 0 Å². The van der Waals surface area contributed by atoms with Crippen LogP contribution < -0.4 is 10.5 Å².